The molecule has 0 heterocycles. The van der Waals surface area contributed by atoms with Crippen LogP contribution in [0.1, 0.15) is 37.4 Å². The molecule has 2 rings (SSSR count). The van der Waals surface area contributed by atoms with Crippen molar-refractivity contribution in [3.8, 4) is 5.75 Å². The molecule has 0 fully saturated rings. The van der Waals surface area contributed by atoms with Crippen molar-refractivity contribution in [2.24, 2.45) is 5.73 Å². The molecule has 0 amide bonds. The van der Waals surface area contributed by atoms with Crippen LogP contribution in [-0.2, 0) is 6.42 Å². The summed E-state index contributed by atoms with van der Waals surface area (Å²) in [6.45, 7) is 3.77. The normalized spacial score (nSPS) is 19.6. The van der Waals surface area contributed by atoms with Crippen molar-refractivity contribution in [2.75, 3.05) is 6.61 Å². The molecule has 3 N–H and O–H groups in total. The molecule has 0 radical (unpaired) electrons. The highest BCUT2D eigenvalue weighted by Crippen LogP contribution is 2.31. The fourth-order valence-electron chi connectivity index (χ4n) is 1.98. The monoisotopic (exact) mass is 221 g/mol. The van der Waals surface area contributed by atoms with Gasteiger partial charge in [-0.3, -0.25) is 0 Å². The number of hydrogen-bond acceptors (Lipinski definition) is 3. The molecule has 0 spiro atoms. The van der Waals surface area contributed by atoms with Gasteiger partial charge in [-0.1, -0.05) is 6.07 Å². The first-order chi connectivity index (χ1) is 7.46. The summed E-state index contributed by atoms with van der Waals surface area (Å²) in [5, 5.41) is 9.57. The van der Waals surface area contributed by atoms with E-state index in [0.717, 1.165) is 18.6 Å². The first-order valence-electron chi connectivity index (χ1n) is 5.69. The molecule has 1 aromatic carbocycles. The van der Waals surface area contributed by atoms with E-state index >= 15 is 0 Å². The molecule has 1 aliphatic carbocycles. The highest BCUT2D eigenvalue weighted by atomic mass is 16.5. The second kappa shape index (κ2) is 4.07. The number of hydrogen-bond donors (Lipinski definition) is 2. The Bertz CT molecular complexity index is 382. The van der Waals surface area contributed by atoms with Gasteiger partial charge in [0.2, 0.25) is 0 Å². The maximum Gasteiger partial charge on any atom is 0.119 e. The van der Waals surface area contributed by atoms with Gasteiger partial charge in [0.1, 0.15) is 12.4 Å². The van der Waals surface area contributed by atoms with Gasteiger partial charge < -0.3 is 15.6 Å². The van der Waals surface area contributed by atoms with Crippen LogP contribution in [0.5, 0.6) is 5.75 Å². The Kier molecular flexibility index (Phi) is 2.91. The molecule has 0 unspecified atom stereocenters. The van der Waals surface area contributed by atoms with Crippen molar-refractivity contribution < 1.29 is 9.84 Å². The predicted octanol–water partition coefficient (Wildman–Crippen LogP) is 1.78. The van der Waals surface area contributed by atoms with E-state index in [9.17, 15) is 5.11 Å². The summed E-state index contributed by atoms with van der Waals surface area (Å²) in [5.74, 6) is 0.815. The summed E-state index contributed by atoms with van der Waals surface area (Å²) in [6.07, 6.45) is 2.04. The second-order valence-electron chi connectivity index (χ2n) is 5.11. The molecular formula is C13H19NO2. The summed E-state index contributed by atoms with van der Waals surface area (Å²) >= 11 is 0. The van der Waals surface area contributed by atoms with Gasteiger partial charge in [-0.15, -0.1) is 0 Å². The Labute approximate surface area is 96.2 Å². The third kappa shape index (κ3) is 2.54. The van der Waals surface area contributed by atoms with Gasteiger partial charge in [0.25, 0.3) is 0 Å². The zero-order valence-electron chi connectivity index (χ0n) is 9.86. The largest absolute Gasteiger partial charge is 0.491 e. The number of aryl methyl sites for hydroxylation is 1. The summed E-state index contributed by atoms with van der Waals surface area (Å²) < 4.78 is 5.54. The maximum atomic E-state index is 9.57. The number of benzene rings is 1. The molecule has 3 nitrogen and oxygen atoms in total. The quantitative estimate of drug-likeness (QED) is 0.818. The number of ether oxygens (including phenoxy) is 1. The SMILES string of the molecule is CC(C)(O)COc1ccc2c(c1)CC[C@@H]2N. The molecule has 0 bridgehead atoms. The van der Waals surface area contributed by atoms with Gasteiger partial charge in [-0.25, -0.2) is 0 Å². The van der Waals surface area contributed by atoms with E-state index in [0.29, 0.717) is 6.61 Å². The second-order valence-corrected chi connectivity index (χ2v) is 5.11. The molecule has 0 saturated heterocycles. The van der Waals surface area contributed by atoms with Crippen LogP contribution in [0.4, 0.5) is 0 Å². The van der Waals surface area contributed by atoms with Crippen LogP contribution in [-0.4, -0.2) is 17.3 Å². The highest BCUT2D eigenvalue weighted by Gasteiger charge is 2.20. The van der Waals surface area contributed by atoms with E-state index in [1.807, 2.05) is 18.2 Å². The molecule has 88 valence electrons. The molecule has 0 aromatic heterocycles. The van der Waals surface area contributed by atoms with Gasteiger partial charge in [-0.2, -0.15) is 0 Å². The number of nitrogens with two attached hydrogens (primary N) is 1. The Morgan fingerprint density at radius 2 is 2.25 bits per heavy atom. The van der Waals surface area contributed by atoms with Gasteiger partial charge in [0.15, 0.2) is 0 Å². The van der Waals surface area contributed by atoms with Gasteiger partial charge in [-0.05, 0) is 49.9 Å². The zero-order valence-corrected chi connectivity index (χ0v) is 9.86. The Morgan fingerprint density at radius 3 is 2.94 bits per heavy atom. The van der Waals surface area contributed by atoms with E-state index < -0.39 is 5.60 Å². The predicted molar refractivity (Wildman–Crippen MR) is 63.5 cm³/mol. The van der Waals surface area contributed by atoms with Gasteiger partial charge in [0, 0.05) is 6.04 Å². The third-order valence-corrected chi connectivity index (χ3v) is 2.83. The summed E-state index contributed by atoms with van der Waals surface area (Å²) in [4.78, 5) is 0. The number of aliphatic hydroxyl groups is 1. The lowest BCUT2D eigenvalue weighted by Crippen LogP contribution is -2.27. The molecule has 0 saturated carbocycles. The lowest BCUT2D eigenvalue weighted by atomic mass is 10.1. The first-order valence-corrected chi connectivity index (χ1v) is 5.69. The average molecular weight is 221 g/mol. The Balaban J connectivity index is 2.08. The standard InChI is InChI=1S/C13H19NO2/c1-13(2,15)8-16-10-4-5-11-9(7-10)3-6-12(11)14/h4-5,7,12,15H,3,6,8,14H2,1-2H3/t12-/m0/s1. The smallest absolute Gasteiger partial charge is 0.119 e. The van der Waals surface area contributed by atoms with E-state index in [-0.39, 0.29) is 6.04 Å². The topological polar surface area (TPSA) is 55.5 Å². The maximum absolute atomic E-state index is 9.57. The molecule has 1 atom stereocenters. The average Bonchev–Trinajstić information content (AvgIpc) is 2.56. The van der Waals surface area contributed by atoms with Crippen molar-refractivity contribution >= 4 is 0 Å². The molecule has 0 aliphatic heterocycles. The fraction of sp³-hybridized carbons (Fsp3) is 0.538. The van der Waals surface area contributed by atoms with Crippen LogP contribution in [0.15, 0.2) is 18.2 Å². The van der Waals surface area contributed by atoms with Crippen molar-refractivity contribution in [2.45, 2.75) is 38.3 Å². The first kappa shape index (κ1) is 11.4. The summed E-state index contributed by atoms with van der Waals surface area (Å²) in [6, 6.07) is 6.18. The van der Waals surface area contributed by atoms with Crippen LogP contribution in [0, 0.1) is 0 Å². The van der Waals surface area contributed by atoms with Crippen molar-refractivity contribution in [1.82, 2.24) is 0 Å². The Hall–Kier alpha value is -1.06. The van der Waals surface area contributed by atoms with Crippen molar-refractivity contribution in [1.29, 1.82) is 0 Å². The highest BCUT2D eigenvalue weighted by molar-refractivity contribution is 5.40. The number of fused-ring (bicyclic) bond motifs is 1. The summed E-state index contributed by atoms with van der Waals surface area (Å²) in [7, 11) is 0. The van der Waals surface area contributed by atoms with Crippen LogP contribution >= 0.6 is 0 Å². The minimum Gasteiger partial charge on any atom is -0.491 e. The molecule has 1 aromatic rings. The summed E-state index contributed by atoms with van der Waals surface area (Å²) in [5.41, 5.74) is 7.67. The van der Waals surface area contributed by atoms with Crippen molar-refractivity contribution in [3.05, 3.63) is 29.3 Å². The fourth-order valence-corrected chi connectivity index (χ4v) is 1.98. The molecule has 1 aliphatic rings. The minimum atomic E-state index is -0.796. The van der Waals surface area contributed by atoms with E-state index in [1.165, 1.54) is 11.1 Å². The van der Waals surface area contributed by atoms with E-state index in [1.54, 1.807) is 13.8 Å². The molecule has 3 heteroatoms. The van der Waals surface area contributed by atoms with Crippen LogP contribution in [0.2, 0.25) is 0 Å². The molecule has 16 heavy (non-hydrogen) atoms. The van der Waals surface area contributed by atoms with Crippen LogP contribution in [0.25, 0.3) is 0 Å². The van der Waals surface area contributed by atoms with E-state index in [2.05, 4.69) is 0 Å². The Morgan fingerprint density at radius 1 is 1.50 bits per heavy atom. The van der Waals surface area contributed by atoms with Gasteiger partial charge >= 0.3 is 0 Å². The lowest BCUT2D eigenvalue weighted by Gasteiger charge is -2.18. The third-order valence-electron chi connectivity index (χ3n) is 2.83. The molecular weight excluding hydrogens is 202 g/mol. The van der Waals surface area contributed by atoms with Crippen LogP contribution < -0.4 is 10.5 Å². The lowest BCUT2D eigenvalue weighted by molar-refractivity contribution is 0.0284. The van der Waals surface area contributed by atoms with Crippen LogP contribution in [0.3, 0.4) is 0 Å². The number of rotatable bonds is 3. The zero-order chi connectivity index (χ0) is 11.8. The van der Waals surface area contributed by atoms with Crippen molar-refractivity contribution in [3.63, 3.8) is 0 Å². The van der Waals surface area contributed by atoms with Gasteiger partial charge in [0.05, 0.1) is 5.60 Å². The van der Waals surface area contributed by atoms with E-state index in [4.69, 9.17) is 10.5 Å². The minimum absolute atomic E-state index is 0.179.